The number of carbonyl (C=O) groups excluding carboxylic acids is 1. The maximum Gasteiger partial charge on any atom is 0.227 e. The number of fused-ring (bicyclic) bond motifs is 1. The SMILES string of the molecule is COc1ccc(-c2nc3cccnc3n2C2CCN(C(=O)Cc3cccnc3)C2)cc1. The van der Waals surface area contributed by atoms with Crippen molar-refractivity contribution in [1.82, 2.24) is 24.4 Å². The van der Waals surface area contributed by atoms with Gasteiger partial charge in [-0.1, -0.05) is 6.07 Å². The maximum atomic E-state index is 12.9. The minimum absolute atomic E-state index is 0.120. The molecule has 0 N–H and O–H groups in total. The van der Waals surface area contributed by atoms with Crippen LogP contribution >= 0.6 is 0 Å². The Labute approximate surface area is 180 Å². The molecular formula is C24H23N5O2. The first-order valence-corrected chi connectivity index (χ1v) is 10.4. The molecule has 7 heteroatoms. The van der Waals surface area contributed by atoms with Crippen molar-refractivity contribution in [3.8, 4) is 17.1 Å². The fraction of sp³-hybridized carbons (Fsp3) is 0.250. The van der Waals surface area contributed by atoms with E-state index in [0.29, 0.717) is 13.0 Å². The number of amides is 1. The molecule has 0 aliphatic carbocycles. The molecule has 7 nitrogen and oxygen atoms in total. The predicted molar refractivity (Wildman–Crippen MR) is 118 cm³/mol. The molecule has 4 heterocycles. The molecule has 31 heavy (non-hydrogen) atoms. The molecule has 4 aromatic rings. The van der Waals surface area contributed by atoms with Crippen LogP contribution < -0.4 is 4.74 Å². The van der Waals surface area contributed by atoms with Crippen molar-refractivity contribution < 1.29 is 9.53 Å². The summed E-state index contributed by atoms with van der Waals surface area (Å²) in [5.74, 6) is 1.79. The highest BCUT2D eigenvalue weighted by atomic mass is 16.5. The van der Waals surface area contributed by atoms with Gasteiger partial charge in [0, 0.05) is 37.2 Å². The lowest BCUT2D eigenvalue weighted by Crippen LogP contribution is -2.30. The second-order valence-electron chi connectivity index (χ2n) is 7.70. The van der Waals surface area contributed by atoms with Crippen molar-refractivity contribution in [2.45, 2.75) is 18.9 Å². The number of pyridine rings is 2. The van der Waals surface area contributed by atoms with Gasteiger partial charge in [-0.3, -0.25) is 9.78 Å². The molecule has 5 rings (SSSR count). The van der Waals surface area contributed by atoms with Crippen LogP contribution in [0.25, 0.3) is 22.6 Å². The number of likely N-dealkylation sites (tertiary alicyclic amines) is 1. The first kappa shape index (κ1) is 19.2. The molecule has 1 amide bonds. The molecule has 3 aromatic heterocycles. The van der Waals surface area contributed by atoms with Crippen LogP contribution in [-0.4, -0.2) is 50.5 Å². The number of rotatable bonds is 5. The van der Waals surface area contributed by atoms with Crippen LogP contribution in [0.3, 0.4) is 0 Å². The third kappa shape index (κ3) is 3.74. The highest BCUT2D eigenvalue weighted by Crippen LogP contribution is 2.33. The lowest BCUT2D eigenvalue weighted by atomic mass is 10.2. The number of hydrogen-bond donors (Lipinski definition) is 0. The highest BCUT2D eigenvalue weighted by molar-refractivity contribution is 5.80. The minimum Gasteiger partial charge on any atom is -0.497 e. The number of ether oxygens (including phenoxy) is 1. The molecule has 1 unspecified atom stereocenters. The molecule has 156 valence electrons. The van der Waals surface area contributed by atoms with E-state index in [4.69, 9.17) is 9.72 Å². The summed E-state index contributed by atoms with van der Waals surface area (Å²) in [6.07, 6.45) is 6.50. The molecule has 1 atom stereocenters. The number of imidazole rings is 1. The summed E-state index contributed by atoms with van der Waals surface area (Å²) in [7, 11) is 1.66. The zero-order chi connectivity index (χ0) is 21.2. The summed E-state index contributed by atoms with van der Waals surface area (Å²) < 4.78 is 7.48. The molecule has 1 saturated heterocycles. The number of benzene rings is 1. The van der Waals surface area contributed by atoms with E-state index >= 15 is 0 Å². The van der Waals surface area contributed by atoms with Crippen LogP contribution in [-0.2, 0) is 11.2 Å². The molecule has 0 bridgehead atoms. The van der Waals surface area contributed by atoms with Crippen LogP contribution in [0, 0.1) is 0 Å². The van der Waals surface area contributed by atoms with Crippen LogP contribution in [0.15, 0.2) is 67.1 Å². The first-order valence-electron chi connectivity index (χ1n) is 10.4. The highest BCUT2D eigenvalue weighted by Gasteiger charge is 2.30. The third-order valence-corrected chi connectivity index (χ3v) is 5.76. The van der Waals surface area contributed by atoms with Gasteiger partial charge in [-0.15, -0.1) is 0 Å². The summed E-state index contributed by atoms with van der Waals surface area (Å²) in [5, 5.41) is 0. The summed E-state index contributed by atoms with van der Waals surface area (Å²) in [5.41, 5.74) is 3.64. The van der Waals surface area contributed by atoms with E-state index < -0.39 is 0 Å². The Kier molecular flexibility index (Phi) is 5.08. The lowest BCUT2D eigenvalue weighted by Gasteiger charge is -2.19. The number of methoxy groups -OCH3 is 1. The van der Waals surface area contributed by atoms with Gasteiger partial charge in [-0.2, -0.15) is 0 Å². The van der Waals surface area contributed by atoms with Crippen LogP contribution in [0.1, 0.15) is 18.0 Å². The van der Waals surface area contributed by atoms with Crippen molar-refractivity contribution in [2.24, 2.45) is 0 Å². The Bertz CT molecular complexity index is 1200. The van der Waals surface area contributed by atoms with Gasteiger partial charge >= 0.3 is 0 Å². The van der Waals surface area contributed by atoms with E-state index in [2.05, 4.69) is 14.5 Å². The Hall–Kier alpha value is -3.74. The van der Waals surface area contributed by atoms with Crippen molar-refractivity contribution in [3.05, 3.63) is 72.7 Å². The van der Waals surface area contributed by atoms with E-state index in [1.54, 1.807) is 25.7 Å². The van der Waals surface area contributed by atoms with E-state index in [1.165, 1.54) is 0 Å². The molecule has 1 fully saturated rings. The number of nitrogens with zero attached hydrogens (tertiary/aromatic N) is 5. The molecule has 0 saturated carbocycles. The standard InChI is InChI=1S/C24H23N5O2/c1-31-20-8-6-18(7-9-20)23-27-21-5-3-12-26-24(21)29(23)19-10-13-28(16-19)22(30)14-17-4-2-11-25-15-17/h2-9,11-12,15,19H,10,13-14,16H2,1H3. The predicted octanol–water partition coefficient (Wildman–Crippen LogP) is 3.52. The van der Waals surface area contributed by atoms with Crippen LogP contribution in [0.5, 0.6) is 5.75 Å². The topological polar surface area (TPSA) is 73.1 Å². The van der Waals surface area contributed by atoms with Gasteiger partial charge in [0.1, 0.15) is 17.1 Å². The average molecular weight is 413 g/mol. The zero-order valence-electron chi connectivity index (χ0n) is 17.3. The van der Waals surface area contributed by atoms with Gasteiger partial charge in [-0.05, 0) is 54.4 Å². The second kappa shape index (κ2) is 8.18. The maximum absolute atomic E-state index is 12.9. The summed E-state index contributed by atoms with van der Waals surface area (Å²) in [6, 6.07) is 15.7. The number of hydrogen-bond acceptors (Lipinski definition) is 5. The normalized spacial score (nSPS) is 16.0. The largest absolute Gasteiger partial charge is 0.497 e. The Balaban J connectivity index is 1.45. The zero-order valence-corrected chi connectivity index (χ0v) is 17.3. The van der Waals surface area contributed by atoms with Gasteiger partial charge in [0.2, 0.25) is 5.91 Å². The fourth-order valence-corrected chi connectivity index (χ4v) is 4.19. The van der Waals surface area contributed by atoms with E-state index in [1.807, 2.05) is 53.4 Å². The minimum atomic E-state index is 0.120. The van der Waals surface area contributed by atoms with Gasteiger partial charge in [0.15, 0.2) is 5.65 Å². The molecule has 0 radical (unpaired) electrons. The summed E-state index contributed by atoms with van der Waals surface area (Å²) >= 11 is 0. The fourth-order valence-electron chi connectivity index (χ4n) is 4.19. The van der Waals surface area contributed by atoms with Gasteiger partial charge in [0.05, 0.1) is 19.6 Å². The van der Waals surface area contributed by atoms with Crippen LogP contribution in [0.4, 0.5) is 0 Å². The van der Waals surface area contributed by atoms with Gasteiger partial charge in [0.25, 0.3) is 0 Å². The average Bonchev–Trinajstić information content (AvgIpc) is 3.44. The van der Waals surface area contributed by atoms with Crippen molar-refractivity contribution in [2.75, 3.05) is 20.2 Å². The Morgan fingerprint density at radius 3 is 2.74 bits per heavy atom. The third-order valence-electron chi connectivity index (χ3n) is 5.76. The number of aromatic nitrogens is 4. The van der Waals surface area contributed by atoms with E-state index in [-0.39, 0.29) is 11.9 Å². The Morgan fingerprint density at radius 2 is 1.97 bits per heavy atom. The molecule has 1 aliphatic heterocycles. The first-order chi connectivity index (χ1) is 15.2. The molecule has 0 spiro atoms. The molecule has 1 aliphatic rings. The quantitative estimate of drug-likeness (QED) is 0.501. The number of carbonyl (C=O) groups is 1. The van der Waals surface area contributed by atoms with Crippen molar-refractivity contribution in [1.29, 1.82) is 0 Å². The summed E-state index contributed by atoms with van der Waals surface area (Å²) in [4.78, 5) is 28.4. The van der Waals surface area contributed by atoms with E-state index in [0.717, 1.165) is 46.8 Å². The molecular weight excluding hydrogens is 390 g/mol. The van der Waals surface area contributed by atoms with Crippen molar-refractivity contribution in [3.63, 3.8) is 0 Å². The second-order valence-corrected chi connectivity index (χ2v) is 7.70. The van der Waals surface area contributed by atoms with Crippen molar-refractivity contribution >= 4 is 17.1 Å². The van der Waals surface area contributed by atoms with Crippen LogP contribution in [0.2, 0.25) is 0 Å². The smallest absolute Gasteiger partial charge is 0.227 e. The monoisotopic (exact) mass is 413 g/mol. The lowest BCUT2D eigenvalue weighted by molar-refractivity contribution is -0.129. The van der Waals surface area contributed by atoms with Gasteiger partial charge in [-0.25, -0.2) is 9.97 Å². The van der Waals surface area contributed by atoms with Gasteiger partial charge < -0.3 is 14.2 Å². The van der Waals surface area contributed by atoms with E-state index in [9.17, 15) is 4.79 Å². The Morgan fingerprint density at radius 1 is 1.13 bits per heavy atom. The summed E-state index contributed by atoms with van der Waals surface area (Å²) in [6.45, 7) is 1.36. The molecule has 1 aromatic carbocycles.